The fourth-order valence-corrected chi connectivity index (χ4v) is 1.30. The zero-order chi connectivity index (χ0) is 10.9. The number of carboxylic acids is 1. The first-order chi connectivity index (χ1) is 6.43. The van der Waals surface area contributed by atoms with E-state index in [1.807, 2.05) is 0 Å². The van der Waals surface area contributed by atoms with E-state index in [1.165, 1.54) is 13.0 Å². The van der Waals surface area contributed by atoms with Crippen LogP contribution in [-0.2, 0) is 0 Å². The van der Waals surface area contributed by atoms with Gasteiger partial charge in [0.15, 0.2) is 0 Å². The van der Waals surface area contributed by atoms with Crippen LogP contribution in [-0.4, -0.2) is 16.1 Å². The van der Waals surface area contributed by atoms with Crippen LogP contribution in [0.1, 0.15) is 33.7 Å². The lowest BCUT2D eigenvalue weighted by Crippen LogP contribution is -2.09. The number of pyridine rings is 1. The number of nitrogens with zero attached hydrogens (tertiary/aromatic N) is 1. The average molecular weight is 201 g/mol. The predicted molar refractivity (Wildman–Crippen MR) is 45.6 cm³/mol. The molecular weight excluding hydrogens is 192 g/mol. The van der Waals surface area contributed by atoms with Crippen molar-refractivity contribution in [3.8, 4) is 0 Å². The van der Waals surface area contributed by atoms with Gasteiger partial charge < -0.3 is 5.11 Å². The minimum atomic E-state index is -2.86. The Labute approximate surface area is 79.4 Å². The molecule has 0 saturated heterocycles. The Morgan fingerprint density at radius 1 is 1.50 bits per heavy atom. The number of carboxylic acid groups (broad SMARTS) is 1. The fraction of sp³-hybridized carbons (Fsp3) is 0.333. The van der Waals surface area contributed by atoms with Gasteiger partial charge in [-0.25, -0.2) is 13.6 Å². The number of halogens is 2. The van der Waals surface area contributed by atoms with Crippen LogP contribution in [0.25, 0.3) is 0 Å². The summed E-state index contributed by atoms with van der Waals surface area (Å²) in [7, 11) is 0. The topological polar surface area (TPSA) is 50.2 Å². The Bertz CT molecular complexity index is 377. The summed E-state index contributed by atoms with van der Waals surface area (Å²) in [5, 5.41) is 8.71. The van der Waals surface area contributed by atoms with E-state index in [1.54, 1.807) is 6.92 Å². The molecule has 1 rings (SSSR count). The van der Waals surface area contributed by atoms with E-state index in [2.05, 4.69) is 4.98 Å². The van der Waals surface area contributed by atoms with Crippen molar-refractivity contribution < 1.29 is 18.7 Å². The van der Waals surface area contributed by atoms with Gasteiger partial charge in [-0.3, -0.25) is 4.98 Å². The van der Waals surface area contributed by atoms with Crippen LogP contribution in [0.2, 0.25) is 0 Å². The van der Waals surface area contributed by atoms with E-state index in [-0.39, 0.29) is 0 Å². The van der Waals surface area contributed by atoms with E-state index in [9.17, 15) is 13.6 Å². The third-order valence-corrected chi connectivity index (χ3v) is 1.79. The number of aromatic nitrogens is 1. The average Bonchev–Trinajstić information content (AvgIpc) is 2.01. The second-order valence-electron chi connectivity index (χ2n) is 2.95. The lowest BCUT2D eigenvalue weighted by atomic mass is 10.1. The van der Waals surface area contributed by atoms with Crippen molar-refractivity contribution >= 4 is 5.97 Å². The first-order valence-corrected chi connectivity index (χ1v) is 3.93. The molecule has 0 bridgehead atoms. The number of aromatic carboxylic acids is 1. The fourth-order valence-electron chi connectivity index (χ4n) is 1.30. The van der Waals surface area contributed by atoms with Crippen LogP contribution in [0, 0.1) is 13.8 Å². The predicted octanol–water partition coefficient (Wildman–Crippen LogP) is 2.33. The molecule has 0 radical (unpaired) electrons. The van der Waals surface area contributed by atoms with Crippen LogP contribution >= 0.6 is 0 Å². The van der Waals surface area contributed by atoms with Gasteiger partial charge in [0.2, 0.25) is 0 Å². The molecular formula is C9H9F2NO2. The molecule has 1 aromatic rings. The molecule has 0 spiro atoms. The standard InChI is InChI=1S/C9H9F2NO2/c1-4-3-5(2)12-7(8(10)11)6(4)9(13)14/h3,8H,1-2H3,(H,13,14). The molecule has 5 heteroatoms. The summed E-state index contributed by atoms with van der Waals surface area (Å²) in [5.41, 5.74) is -0.358. The van der Waals surface area contributed by atoms with Crippen molar-refractivity contribution in [3.63, 3.8) is 0 Å². The van der Waals surface area contributed by atoms with Crippen LogP contribution in [0.15, 0.2) is 6.07 Å². The molecule has 0 aliphatic rings. The highest BCUT2D eigenvalue weighted by Gasteiger charge is 2.22. The molecule has 0 saturated carbocycles. The quantitative estimate of drug-likeness (QED) is 0.798. The maximum Gasteiger partial charge on any atom is 0.338 e. The van der Waals surface area contributed by atoms with Gasteiger partial charge in [-0.15, -0.1) is 0 Å². The Hall–Kier alpha value is -1.52. The van der Waals surface area contributed by atoms with Crippen molar-refractivity contribution in [2.45, 2.75) is 20.3 Å². The maximum absolute atomic E-state index is 12.4. The zero-order valence-corrected chi connectivity index (χ0v) is 7.71. The van der Waals surface area contributed by atoms with Crippen LogP contribution < -0.4 is 0 Å². The van der Waals surface area contributed by atoms with Gasteiger partial charge in [0.1, 0.15) is 5.69 Å². The molecule has 3 nitrogen and oxygen atoms in total. The summed E-state index contributed by atoms with van der Waals surface area (Å²) >= 11 is 0. The first kappa shape index (κ1) is 10.6. The number of alkyl halides is 2. The van der Waals surface area contributed by atoms with E-state index < -0.39 is 23.7 Å². The Balaban J connectivity index is 3.44. The smallest absolute Gasteiger partial charge is 0.338 e. The molecule has 76 valence electrons. The van der Waals surface area contributed by atoms with Gasteiger partial charge in [-0.1, -0.05) is 0 Å². The number of carbonyl (C=O) groups is 1. The summed E-state index contributed by atoms with van der Waals surface area (Å²) in [6, 6.07) is 1.47. The molecule has 1 N–H and O–H groups in total. The van der Waals surface area contributed by atoms with Gasteiger partial charge in [0.05, 0.1) is 5.56 Å². The number of hydrogen-bond donors (Lipinski definition) is 1. The van der Waals surface area contributed by atoms with Gasteiger partial charge >= 0.3 is 5.97 Å². The third-order valence-electron chi connectivity index (χ3n) is 1.79. The maximum atomic E-state index is 12.4. The normalized spacial score (nSPS) is 10.6. The van der Waals surface area contributed by atoms with Crippen molar-refractivity contribution in [1.82, 2.24) is 4.98 Å². The van der Waals surface area contributed by atoms with E-state index in [4.69, 9.17) is 5.11 Å². The Morgan fingerprint density at radius 3 is 2.50 bits per heavy atom. The van der Waals surface area contributed by atoms with Crippen molar-refractivity contribution in [1.29, 1.82) is 0 Å². The molecule has 1 heterocycles. The number of aryl methyl sites for hydroxylation is 2. The van der Waals surface area contributed by atoms with Gasteiger partial charge in [-0.05, 0) is 25.5 Å². The highest BCUT2D eigenvalue weighted by atomic mass is 19.3. The summed E-state index contributed by atoms with van der Waals surface area (Å²) < 4.78 is 24.8. The van der Waals surface area contributed by atoms with Gasteiger partial charge in [0.25, 0.3) is 6.43 Å². The molecule has 0 atom stereocenters. The monoisotopic (exact) mass is 201 g/mol. The lowest BCUT2D eigenvalue weighted by molar-refractivity contribution is 0.0681. The zero-order valence-electron chi connectivity index (χ0n) is 7.71. The molecule has 0 fully saturated rings. The van der Waals surface area contributed by atoms with Gasteiger partial charge in [-0.2, -0.15) is 0 Å². The molecule has 0 aliphatic heterocycles. The van der Waals surface area contributed by atoms with Crippen molar-refractivity contribution in [2.24, 2.45) is 0 Å². The minimum absolute atomic E-state index is 0.306. The number of hydrogen-bond acceptors (Lipinski definition) is 2. The molecule has 0 aromatic carbocycles. The van der Waals surface area contributed by atoms with E-state index >= 15 is 0 Å². The lowest BCUT2D eigenvalue weighted by Gasteiger charge is -2.08. The second-order valence-corrected chi connectivity index (χ2v) is 2.95. The van der Waals surface area contributed by atoms with E-state index in [0.29, 0.717) is 11.3 Å². The Morgan fingerprint density at radius 2 is 2.07 bits per heavy atom. The molecule has 0 amide bonds. The minimum Gasteiger partial charge on any atom is -0.478 e. The largest absolute Gasteiger partial charge is 0.478 e. The van der Waals surface area contributed by atoms with Crippen LogP contribution in [0.4, 0.5) is 8.78 Å². The van der Waals surface area contributed by atoms with Crippen LogP contribution in [0.3, 0.4) is 0 Å². The van der Waals surface area contributed by atoms with Crippen molar-refractivity contribution in [2.75, 3.05) is 0 Å². The molecule has 1 aromatic heterocycles. The highest BCUT2D eigenvalue weighted by Crippen LogP contribution is 2.23. The van der Waals surface area contributed by atoms with E-state index in [0.717, 1.165) is 0 Å². The molecule has 14 heavy (non-hydrogen) atoms. The highest BCUT2D eigenvalue weighted by molar-refractivity contribution is 5.90. The SMILES string of the molecule is Cc1cc(C)c(C(=O)O)c(C(F)F)n1. The first-order valence-electron chi connectivity index (χ1n) is 3.93. The second kappa shape index (κ2) is 3.69. The molecule has 0 unspecified atom stereocenters. The van der Waals surface area contributed by atoms with Crippen LogP contribution in [0.5, 0.6) is 0 Å². The molecule has 0 aliphatic carbocycles. The van der Waals surface area contributed by atoms with Gasteiger partial charge in [0, 0.05) is 5.69 Å². The summed E-state index contributed by atoms with van der Waals surface area (Å²) in [4.78, 5) is 14.2. The number of rotatable bonds is 2. The summed E-state index contributed by atoms with van der Waals surface area (Å²) in [6.45, 7) is 3.02. The summed E-state index contributed by atoms with van der Waals surface area (Å²) in [5.74, 6) is -1.37. The summed E-state index contributed by atoms with van der Waals surface area (Å²) in [6.07, 6.45) is -2.86. The Kier molecular flexibility index (Phi) is 2.78. The third kappa shape index (κ3) is 1.86. The van der Waals surface area contributed by atoms with Crippen molar-refractivity contribution in [3.05, 3.63) is 28.6 Å².